The van der Waals surface area contributed by atoms with Crippen LogP contribution in [0.5, 0.6) is 0 Å². The number of anilines is 1. The Bertz CT molecular complexity index is 1080. The van der Waals surface area contributed by atoms with E-state index in [1.807, 2.05) is 35.7 Å². The van der Waals surface area contributed by atoms with Gasteiger partial charge in [0.25, 0.3) is 5.91 Å². The second-order valence-electron chi connectivity index (χ2n) is 6.80. The summed E-state index contributed by atoms with van der Waals surface area (Å²) in [5, 5.41) is 11.0. The van der Waals surface area contributed by atoms with Gasteiger partial charge >= 0.3 is 0 Å². The van der Waals surface area contributed by atoms with Crippen LogP contribution in [0.4, 0.5) is 5.69 Å². The Morgan fingerprint density at radius 1 is 0.964 bits per heavy atom. The summed E-state index contributed by atoms with van der Waals surface area (Å²) < 4.78 is 0. The van der Waals surface area contributed by atoms with Crippen molar-refractivity contribution < 1.29 is 4.79 Å². The van der Waals surface area contributed by atoms with Gasteiger partial charge in [-0.15, -0.1) is 11.3 Å². The summed E-state index contributed by atoms with van der Waals surface area (Å²) in [6, 6.07) is 26.8. The number of carbonyl (C=O) groups is 1. The molecule has 0 saturated heterocycles. The lowest BCUT2D eigenvalue weighted by Gasteiger charge is -2.17. The van der Waals surface area contributed by atoms with Crippen molar-refractivity contribution >= 4 is 33.7 Å². The molecule has 1 aromatic heterocycles. The van der Waals surface area contributed by atoms with E-state index in [2.05, 4.69) is 66.1 Å². The first-order valence-electron chi connectivity index (χ1n) is 9.35. The second kappa shape index (κ2) is 8.38. The Labute approximate surface area is 169 Å². The smallest absolute Gasteiger partial charge is 0.265 e. The van der Waals surface area contributed by atoms with E-state index in [1.54, 1.807) is 0 Å². The molecule has 0 radical (unpaired) electrons. The fourth-order valence-electron chi connectivity index (χ4n) is 3.37. The molecule has 0 unspecified atom stereocenters. The number of benzene rings is 3. The van der Waals surface area contributed by atoms with E-state index in [9.17, 15) is 4.79 Å². The largest absolute Gasteiger partial charge is 0.321 e. The molecular formula is C24H22N2OS. The van der Waals surface area contributed by atoms with E-state index in [0.29, 0.717) is 4.88 Å². The standard InChI is InChI=1S/C24H22N2OS/c1-17(21-12-5-9-19-8-2-3-11-22(19)21)25-16-18-7-4-10-20(15-18)26-24(27)23-13-6-14-28-23/h2-15,17,25H,16H2,1H3,(H,26,27)/t17-/m0/s1. The third-order valence-corrected chi connectivity index (χ3v) is 5.70. The average Bonchev–Trinajstić information content (AvgIpc) is 3.27. The zero-order valence-electron chi connectivity index (χ0n) is 15.7. The number of carbonyl (C=O) groups excluding carboxylic acids is 1. The summed E-state index contributed by atoms with van der Waals surface area (Å²) in [5.41, 5.74) is 3.24. The molecule has 0 aliphatic carbocycles. The minimum Gasteiger partial charge on any atom is -0.321 e. The number of amides is 1. The summed E-state index contributed by atoms with van der Waals surface area (Å²) in [5.74, 6) is -0.0655. The van der Waals surface area contributed by atoms with Crippen LogP contribution in [-0.2, 0) is 6.54 Å². The van der Waals surface area contributed by atoms with Crippen molar-refractivity contribution in [3.63, 3.8) is 0 Å². The molecule has 140 valence electrons. The minimum atomic E-state index is -0.0655. The first kappa shape index (κ1) is 18.4. The van der Waals surface area contributed by atoms with Gasteiger partial charge in [0, 0.05) is 18.3 Å². The Balaban J connectivity index is 1.44. The van der Waals surface area contributed by atoms with Crippen LogP contribution in [0.1, 0.15) is 33.8 Å². The van der Waals surface area contributed by atoms with Crippen LogP contribution in [0, 0.1) is 0 Å². The van der Waals surface area contributed by atoms with E-state index in [0.717, 1.165) is 17.8 Å². The van der Waals surface area contributed by atoms with Crippen LogP contribution in [0.3, 0.4) is 0 Å². The first-order valence-corrected chi connectivity index (χ1v) is 10.2. The number of hydrogen-bond acceptors (Lipinski definition) is 3. The SMILES string of the molecule is C[C@H](NCc1cccc(NC(=O)c2cccs2)c1)c1cccc2ccccc12. The summed E-state index contributed by atoms with van der Waals surface area (Å²) in [6.07, 6.45) is 0. The molecule has 0 spiro atoms. The molecule has 0 aliphatic rings. The fourth-order valence-corrected chi connectivity index (χ4v) is 3.99. The van der Waals surface area contributed by atoms with Gasteiger partial charge in [-0.3, -0.25) is 4.79 Å². The highest BCUT2D eigenvalue weighted by molar-refractivity contribution is 7.12. The first-order chi connectivity index (χ1) is 13.7. The molecule has 0 saturated carbocycles. The Morgan fingerprint density at radius 2 is 1.79 bits per heavy atom. The zero-order valence-corrected chi connectivity index (χ0v) is 16.5. The molecule has 3 nitrogen and oxygen atoms in total. The summed E-state index contributed by atoms with van der Waals surface area (Å²) >= 11 is 1.44. The molecule has 28 heavy (non-hydrogen) atoms. The molecule has 2 N–H and O–H groups in total. The lowest BCUT2D eigenvalue weighted by atomic mass is 9.99. The van der Waals surface area contributed by atoms with Gasteiger partial charge in [-0.1, -0.05) is 60.7 Å². The van der Waals surface area contributed by atoms with Crippen LogP contribution in [0.25, 0.3) is 10.8 Å². The monoisotopic (exact) mass is 386 g/mol. The van der Waals surface area contributed by atoms with Crippen molar-refractivity contribution in [2.75, 3.05) is 5.32 Å². The van der Waals surface area contributed by atoms with Crippen LogP contribution in [0.2, 0.25) is 0 Å². The maximum atomic E-state index is 12.2. The van der Waals surface area contributed by atoms with E-state index >= 15 is 0 Å². The molecule has 1 atom stereocenters. The van der Waals surface area contributed by atoms with Gasteiger partial charge in [0.2, 0.25) is 0 Å². The van der Waals surface area contributed by atoms with E-state index < -0.39 is 0 Å². The predicted molar refractivity (Wildman–Crippen MR) is 118 cm³/mol. The van der Waals surface area contributed by atoms with Crippen molar-refractivity contribution in [1.29, 1.82) is 0 Å². The van der Waals surface area contributed by atoms with Gasteiger partial charge in [-0.25, -0.2) is 0 Å². The number of hydrogen-bond donors (Lipinski definition) is 2. The van der Waals surface area contributed by atoms with Gasteiger partial charge in [-0.2, -0.15) is 0 Å². The summed E-state index contributed by atoms with van der Waals surface area (Å²) in [7, 11) is 0. The lowest BCUT2D eigenvalue weighted by Crippen LogP contribution is -2.18. The van der Waals surface area contributed by atoms with Crippen LogP contribution < -0.4 is 10.6 Å². The molecule has 0 bridgehead atoms. The van der Waals surface area contributed by atoms with Gasteiger partial charge < -0.3 is 10.6 Å². The van der Waals surface area contributed by atoms with Crippen LogP contribution in [0.15, 0.2) is 84.2 Å². The van der Waals surface area contributed by atoms with Gasteiger partial charge in [-0.05, 0) is 52.4 Å². The normalized spacial score (nSPS) is 12.0. The molecule has 1 amide bonds. The summed E-state index contributed by atoms with van der Waals surface area (Å²) in [4.78, 5) is 13.0. The molecule has 4 aromatic rings. The number of rotatable bonds is 6. The third kappa shape index (κ3) is 4.14. The van der Waals surface area contributed by atoms with Crippen LogP contribution >= 0.6 is 11.3 Å². The van der Waals surface area contributed by atoms with Gasteiger partial charge in [0.1, 0.15) is 0 Å². The molecule has 0 fully saturated rings. The van der Waals surface area contributed by atoms with Crippen molar-refractivity contribution in [2.24, 2.45) is 0 Å². The second-order valence-corrected chi connectivity index (χ2v) is 7.75. The van der Waals surface area contributed by atoms with E-state index in [1.165, 1.54) is 27.7 Å². The third-order valence-electron chi connectivity index (χ3n) is 4.83. The summed E-state index contributed by atoms with van der Waals surface area (Å²) in [6.45, 7) is 2.91. The van der Waals surface area contributed by atoms with Gasteiger partial charge in [0.05, 0.1) is 4.88 Å². The molecule has 4 rings (SSSR count). The number of fused-ring (bicyclic) bond motifs is 1. The molecule has 3 aromatic carbocycles. The molecule has 0 aliphatic heterocycles. The van der Waals surface area contributed by atoms with Crippen molar-refractivity contribution in [1.82, 2.24) is 5.32 Å². The van der Waals surface area contributed by atoms with Gasteiger partial charge in [0.15, 0.2) is 0 Å². The highest BCUT2D eigenvalue weighted by atomic mass is 32.1. The molecular weight excluding hydrogens is 364 g/mol. The molecule has 1 heterocycles. The van der Waals surface area contributed by atoms with E-state index in [-0.39, 0.29) is 11.9 Å². The highest BCUT2D eigenvalue weighted by Gasteiger charge is 2.10. The lowest BCUT2D eigenvalue weighted by molar-refractivity contribution is 0.103. The Hall–Kier alpha value is -2.95. The van der Waals surface area contributed by atoms with Crippen LogP contribution in [-0.4, -0.2) is 5.91 Å². The maximum Gasteiger partial charge on any atom is 0.265 e. The predicted octanol–water partition coefficient (Wildman–Crippen LogP) is 6.00. The average molecular weight is 387 g/mol. The number of thiophene rings is 1. The van der Waals surface area contributed by atoms with Crippen molar-refractivity contribution in [2.45, 2.75) is 19.5 Å². The zero-order chi connectivity index (χ0) is 19.3. The molecule has 4 heteroatoms. The fraction of sp³-hybridized carbons (Fsp3) is 0.125. The van der Waals surface area contributed by atoms with E-state index in [4.69, 9.17) is 0 Å². The van der Waals surface area contributed by atoms with Crippen molar-refractivity contribution in [3.05, 3.63) is 100 Å². The minimum absolute atomic E-state index is 0.0655. The topological polar surface area (TPSA) is 41.1 Å². The quantitative estimate of drug-likeness (QED) is 0.426. The number of nitrogens with one attached hydrogen (secondary N) is 2. The maximum absolute atomic E-state index is 12.2. The Morgan fingerprint density at radius 3 is 2.64 bits per heavy atom. The Kier molecular flexibility index (Phi) is 5.51. The van der Waals surface area contributed by atoms with Crippen molar-refractivity contribution in [3.8, 4) is 0 Å². The highest BCUT2D eigenvalue weighted by Crippen LogP contribution is 2.24.